The second-order valence-electron chi connectivity index (χ2n) is 9.71. The van der Waals surface area contributed by atoms with Crippen molar-refractivity contribution in [3.05, 3.63) is 83.9 Å². The fourth-order valence-electron chi connectivity index (χ4n) is 5.72. The highest BCUT2D eigenvalue weighted by Gasteiger charge is 2.25. The molecule has 3 aromatic carbocycles. The first kappa shape index (κ1) is 21.9. The smallest absolute Gasteiger partial charge is 0.121 e. The Balaban J connectivity index is 1.70. The number of aryl methyl sites for hydroxylation is 2. The molecule has 170 valence electrons. The van der Waals surface area contributed by atoms with Crippen molar-refractivity contribution in [2.45, 2.75) is 45.8 Å². The molecule has 0 bridgehead atoms. The van der Waals surface area contributed by atoms with Crippen LogP contribution >= 0.6 is 0 Å². The van der Waals surface area contributed by atoms with E-state index in [0.29, 0.717) is 6.54 Å². The zero-order valence-electron chi connectivity index (χ0n) is 19.8. The van der Waals surface area contributed by atoms with Gasteiger partial charge in [0.1, 0.15) is 12.6 Å². The van der Waals surface area contributed by atoms with Gasteiger partial charge in [-0.25, -0.2) is 0 Å². The Morgan fingerprint density at radius 1 is 0.848 bits per heavy atom. The first-order chi connectivity index (χ1) is 16.1. The minimum atomic E-state index is -0.375. The van der Waals surface area contributed by atoms with Crippen LogP contribution in [0.3, 0.4) is 0 Å². The van der Waals surface area contributed by atoms with Crippen LogP contribution in [0, 0.1) is 13.8 Å². The molecule has 0 saturated carbocycles. The van der Waals surface area contributed by atoms with E-state index in [-0.39, 0.29) is 6.10 Å². The van der Waals surface area contributed by atoms with E-state index in [1.165, 1.54) is 76.8 Å². The molecule has 2 N–H and O–H groups in total. The van der Waals surface area contributed by atoms with Crippen LogP contribution in [0.1, 0.15) is 30.4 Å². The van der Waals surface area contributed by atoms with E-state index < -0.39 is 0 Å². The van der Waals surface area contributed by atoms with Crippen LogP contribution in [0.25, 0.3) is 33.3 Å². The van der Waals surface area contributed by atoms with Crippen molar-refractivity contribution < 1.29 is 10.0 Å². The lowest BCUT2D eigenvalue weighted by Crippen LogP contribution is -3.13. The van der Waals surface area contributed by atoms with Crippen LogP contribution in [-0.2, 0) is 6.54 Å². The van der Waals surface area contributed by atoms with Crippen LogP contribution in [0.5, 0.6) is 0 Å². The van der Waals surface area contributed by atoms with Crippen molar-refractivity contribution in [3.8, 4) is 22.4 Å². The molecule has 0 aliphatic carbocycles. The third-order valence-electron chi connectivity index (χ3n) is 7.08. The summed E-state index contributed by atoms with van der Waals surface area (Å²) >= 11 is 0. The number of benzene rings is 3. The zero-order valence-corrected chi connectivity index (χ0v) is 19.8. The first-order valence-corrected chi connectivity index (χ1v) is 12.4. The maximum atomic E-state index is 11.3. The van der Waals surface area contributed by atoms with Crippen molar-refractivity contribution in [3.63, 3.8) is 0 Å². The molecule has 1 atom stereocenters. The van der Waals surface area contributed by atoms with Crippen LogP contribution in [0.4, 0.5) is 0 Å². The highest BCUT2D eigenvalue weighted by atomic mass is 16.3. The highest BCUT2D eigenvalue weighted by molar-refractivity contribution is 6.06. The summed E-state index contributed by atoms with van der Waals surface area (Å²) in [5, 5.41) is 12.5. The van der Waals surface area contributed by atoms with Gasteiger partial charge in [-0.3, -0.25) is 0 Å². The molecule has 5 rings (SSSR count). The summed E-state index contributed by atoms with van der Waals surface area (Å²) in [5.74, 6) is 0. The Morgan fingerprint density at radius 2 is 1.48 bits per heavy atom. The standard InChI is InChI=1S/C30H34N2O/c1-22-18-23(2)29-27(19-22)28(24-12-6-3-7-13-24)30(25-14-8-4-9-15-25)32(29)21-26(33)20-31-16-10-5-11-17-31/h3-4,6-9,12-15,18-19,26,33H,5,10-11,16-17,20-21H2,1-2H3/p+1/t26-/m0/s1. The van der Waals surface area contributed by atoms with Gasteiger partial charge in [0, 0.05) is 10.9 Å². The van der Waals surface area contributed by atoms with Crippen molar-refractivity contribution in [1.82, 2.24) is 4.57 Å². The SMILES string of the molecule is Cc1cc(C)c2c(c1)c(-c1ccccc1)c(-c1ccccc1)n2C[C@@H](O)C[NH+]1CCCCC1. The molecular formula is C30H35N2O+. The van der Waals surface area contributed by atoms with E-state index in [9.17, 15) is 5.11 Å². The Bertz CT molecular complexity index is 1220. The van der Waals surface area contributed by atoms with Gasteiger partial charge in [0.05, 0.1) is 30.8 Å². The molecule has 3 heteroatoms. The number of quaternary nitrogens is 1. The number of nitrogens with one attached hydrogen (secondary N) is 1. The largest absolute Gasteiger partial charge is 0.385 e. The van der Waals surface area contributed by atoms with E-state index in [1.807, 2.05) is 0 Å². The van der Waals surface area contributed by atoms with E-state index in [1.54, 1.807) is 4.90 Å². The summed E-state index contributed by atoms with van der Waals surface area (Å²) in [4.78, 5) is 1.54. The Labute approximate surface area is 197 Å². The molecule has 1 aliphatic rings. The normalized spacial score (nSPS) is 15.7. The van der Waals surface area contributed by atoms with Crippen LogP contribution in [0.15, 0.2) is 72.8 Å². The topological polar surface area (TPSA) is 29.6 Å². The van der Waals surface area contributed by atoms with Crippen molar-refractivity contribution in [2.24, 2.45) is 0 Å². The molecule has 4 aromatic rings. The average Bonchev–Trinajstić information content (AvgIpc) is 3.14. The maximum Gasteiger partial charge on any atom is 0.121 e. The van der Waals surface area contributed by atoms with Crippen molar-refractivity contribution in [2.75, 3.05) is 19.6 Å². The van der Waals surface area contributed by atoms with E-state index in [2.05, 4.69) is 91.2 Å². The number of hydrogen-bond acceptors (Lipinski definition) is 1. The minimum Gasteiger partial charge on any atom is -0.385 e. The van der Waals surface area contributed by atoms with Crippen LogP contribution < -0.4 is 4.90 Å². The molecule has 1 fully saturated rings. The summed E-state index contributed by atoms with van der Waals surface area (Å²) < 4.78 is 2.40. The molecule has 1 aliphatic heterocycles. The molecular weight excluding hydrogens is 404 g/mol. The zero-order chi connectivity index (χ0) is 22.8. The average molecular weight is 440 g/mol. The van der Waals surface area contributed by atoms with E-state index in [0.717, 1.165) is 6.54 Å². The molecule has 3 nitrogen and oxygen atoms in total. The fraction of sp³-hybridized carbons (Fsp3) is 0.333. The van der Waals surface area contributed by atoms with Gasteiger partial charge in [0.25, 0.3) is 0 Å². The lowest BCUT2D eigenvalue weighted by atomic mass is 9.97. The van der Waals surface area contributed by atoms with Gasteiger partial charge in [-0.1, -0.05) is 72.3 Å². The molecule has 0 unspecified atom stereocenters. The quantitative estimate of drug-likeness (QED) is 0.434. The Hall–Kier alpha value is -2.88. The van der Waals surface area contributed by atoms with Gasteiger partial charge >= 0.3 is 0 Å². The number of aliphatic hydroxyl groups excluding tert-OH is 1. The number of rotatable bonds is 6. The number of likely N-dealkylation sites (tertiary alicyclic amines) is 1. The van der Waals surface area contributed by atoms with Gasteiger partial charge in [-0.2, -0.15) is 0 Å². The van der Waals surface area contributed by atoms with Gasteiger partial charge in [-0.05, 0) is 55.9 Å². The number of aliphatic hydroxyl groups is 1. The third kappa shape index (κ3) is 4.48. The van der Waals surface area contributed by atoms with E-state index >= 15 is 0 Å². The summed E-state index contributed by atoms with van der Waals surface area (Å²) in [6.07, 6.45) is 3.51. The van der Waals surface area contributed by atoms with Gasteiger partial charge in [0.15, 0.2) is 0 Å². The number of fused-ring (bicyclic) bond motifs is 1. The van der Waals surface area contributed by atoms with Gasteiger partial charge < -0.3 is 14.6 Å². The number of nitrogens with zero attached hydrogens (tertiary/aromatic N) is 1. The minimum absolute atomic E-state index is 0.375. The molecule has 0 radical (unpaired) electrons. The number of piperidine rings is 1. The second kappa shape index (κ2) is 9.54. The highest BCUT2D eigenvalue weighted by Crippen LogP contribution is 2.42. The van der Waals surface area contributed by atoms with Crippen LogP contribution in [-0.4, -0.2) is 35.4 Å². The lowest BCUT2D eigenvalue weighted by molar-refractivity contribution is -0.908. The molecule has 33 heavy (non-hydrogen) atoms. The molecule has 2 heterocycles. The molecule has 1 aromatic heterocycles. The van der Waals surface area contributed by atoms with E-state index in [4.69, 9.17) is 0 Å². The van der Waals surface area contributed by atoms with Gasteiger partial charge in [0.2, 0.25) is 0 Å². The van der Waals surface area contributed by atoms with Crippen LogP contribution in [0.2, 0.25) is 0 Å². The summed E-state index contributed by atoms with van der Waals surface area (Å²) in [7, 11) is 0. The van der Waals surface area contributed by atoms with Crippen molar-refractivity contribution >= 4 is 10.9 Å². The fourth-order valence-corrected chi connectivity index (χ4v) is 5.72. The number of aromatic nitrogens is 1. The lowest BCUT2D eigenvalue weighted by Gasteiger charge is -2.26. The predicted octanol–water partition coefficient (Wildman–Crippen LogP) is 5.02. The van der Waals surface area contributed by atoms with Crippen molar-refractivity contribution in [1.29, 1.82) is 0 Å². The molecule has 0 amide bonds. The van der Waals surface area contributed by atoms with Gasteiger partial charge in [-0.15, -0.1) is 0 Å². The molecule has 0 spiro atoms. The number of hydrogen-bond donors (Lipinski definition) is 2. The first-order valence-electron chi connectivity index (χ1n) is 12.4. The monoisotopic (exact) mass is 439 g/mol. The Kier molecular flexibility index (Phi) is 6.34. The summed E-state index contributed by atoms with van der Waals surface area (Å²) in [5.41, 5.74) is 8.67. The maximum absolute atomic E-state index is 11.3. The molecule has 1 saturated heterocycles. The predicted molar refractivity (Wildman–Crippen MR) is 138 cm³/mol. The summed E-state index contributed by atoms with van der Waals surface area (Å²) in [6, 6.07) is 26.0. The second-order valence-corrected chi connectivity index (χ2v) is 9.71. The summed E-state index contributed by atoms with van der Waals surface area (Å²) in [6.45, 7) is 8.18. The third-order valence-corrected chi connectivity index (χ3v) is 7.08. The Morgan fingerprint density at radius 3 is 2.15 bits per heavy atom.